The van der Waals surface area contributed by atoms with Crippen LogP contribution in [0.4, 0.5) is 4.39 Å². The number of thioether (sulfide) groups is 2. The second kappa shape index (κ2) is 6.33. The van der Waals surface area contributed by atoms with Crippen LogP contribution in [0.2, 0.25) is 0 Å². The third-order valence-corrected chi connectivity index (χ3v) is 5.35. The normalized spacial score (nSPS) is 34.2. The molecule has 2 heterocycles. The molecule has 15 heavy (non-hydrogen) atoms. The summed E-state index contributed by atoms with van der Waals surface area (Å²) in [6, 6.07) is 0.959. The minimum atomic E-state index is -0.630. The molecule has 5 heteroatoms. The quantitative estimate of drug-likeness (QED) is 0.784. The second-order valence-electron chi connectivity index (χ2n) is 4.19. The van der Waals surface area contributed by atoms with Gasteiger partial charge >= 0.3 is 0 Å². The molecule has 2 fully saturated rings. The molecular formula is C10H19FN2S2. The van der Waals surface area contributed by atoms with Crippen LogP contribution in [0.15, 0.2) is 0 Å². The molecule has 0 spiro atoms. The van der Waals surface area contributed by atoms with Gasteiger partial charge in [-0.3, -0.25) is 0 Å². The molecule has 2 aliphatic rings. The summed E-state index contributed by atoms with van der Waals surface area (Å²) in [4.78, 5) is 0. The van der Waals surface area contributed by atoms with Gasteiger partial charge in [0.2, 0.25) is 0 Å². The maximum Gasteiger partial charge on any atom is 0.114 e. The number of rotatable bonds is 3. The van der Waals surface area contributed by atoms with Crippen molar-refractivity contribution in [2.24, 2.45) is 0 Å². The minimum absolute atomic E-state index is 0.346. The molecule has 2 N–H and O–H groups in total. The Morgan fingerprint density at radius 1 is 1.27 bits per heavy atom. The summed E-state index contributed by atoms with van der Waals surface area (Å²) in [7, 11) is 0. The van der Waals surface area contributed by atoms with Gasteiger partial charge in [0, 0.05) is 48.2 Å². The monoisotopic (exact) mass is 250 g/mol. The fraction of sp³-hybridized carbons (Fsp3) is 1.00. The number of nitrogens with one attached hydrogen (secondary N) is 2. The molecule has 0 bridgehead atoms. The van der Waals surface area contributed by atoms with Crippen LogP contribution in [-0.2, 0) is 0 Å². The summed E-state index contributed by atoms with van der Waals surface area (Å²) in [5.41, 5.74) is 0. The molecule has 0 aromatic carbocycles. The Hall–Kier alpha value is 0.550. The van der Waals surface area contributed by atoms with Crippen LogP contribution in [-0.4, -0.2) is 54.4 Å². The van der Waals surface area contributed by atoms with Crippen molar-refractivity contribution in [3.63, 3.8) is 0 Å². The highest BCUT2D eigenvalue weighted by atomic mass is 32.2. The molecule has 2 aliphatic heterocycles. The number of hydrogen-bond donors (Lipinski definition) is 2. The Morgan fingerprint density at radius 2 is 2.00 bits per heavy atom. The highest BCUT2D eigenvalue weighted by Gasteiger charge is 2.24. The highest BCUT2D eigenvalue weighted by Crippen LogP contribution is 2.17. The van der Waals surface area contributed by atoms with Gasteiger partial charge in [0.05, 0.1) is 0 Å². The number of alkyl halides is 1. The van der Waals surface area contributed by atoms with Crippen molar-refractivity contribution in [3.8, 4) is 0 Å². The van der Waals surface area contributed by atoms with Gasteiger partial charge in [-0.05, 0) is 6.42 Å². The average molecular weight is 250 g/mol. The third kappa shape index (κ3) is 4.13. The predicted octanol–water partition coefficient (Wildman–Crippen LogP) is 1.12. The lowest BCUT2D eigenvalue weighted by molar-refractivity contribution is 0.353. The van der Waals surface area contributed by atoms with Gasteiger partial charge < -0.3 is 10.6 Å². The molecule has 0 aromatic rings. The zero-order valence-electron chi connectivity index (χ0n) is 8.88. The first-order valence-corrected chi connectivity index (χ1v) is 7.92. The van der Waals surface area contributed by atoms with E-state index in [1.165, 1.54) is 23.0 Å². The Labute approximate surface area is 99.5 Å². The van der Waals surface area contributed by atoms with Crippen molar-refractivity contribution in [2.75, 3.05) is 36.1 Å². The standard InChI is InChI=1S/C10H19FN2S2/c11-8-3-9(12-4-8)5-13-10-6-14-1-2-15-7-10/h8-10,12-13H,1-7H2/t8-,9-/m0/s1. The van der Waals surface area contributed by atoms with E-state index in [1.807, 2.05) is 23.5 Å². The van der Waals surface area contributed by atoms with Crippen molar-refractivity contribution < 1.29 is 4.39 Å². The summed E-state index contributed by atoms with van der Waals surface area (Å²) in [6.07, 6.45) is 0.0506. The van der Waals surface area contributed by atoms with E-state index in [0.717, 1.165) is 6.54 Å². The molecule has 2 saturated heterocycles. The third-order valence-electron chi connectivity index (χ3n) is 2.83. The largest absolute Gasteiger partial charge is 0.311 e. The number of halogens is 1. The molecule has 2 rings (SSSR count). The van der Waals surface area contributed by atoms with Crippen molar-refractivity contribution >= 4 is 23.5 Å². The van der Waals surface area contributed by atoms with E-state index in [1.54, 1.807) is 0 Å². The zero-order valence-corrected chi connectivity index (χ0v) is 10.5. The smallest absolute Gasteiger partial charge is 0.114 e. The maximum atomic E-state index is 12.9. The van der Waals surface area contributed by atoms with E-state index in [2.05, 4.69) is 10.6 Å². The van der Waals surface area contributed by atoms with Gasteiger partial charge in [-0.15, -0.1) is 0 Å². The van der Waals surface area contributed by atoms with Gasteiger partial charge in [0.15, 0.2) is 0 Å². The Bertz CT molecular complexity index is 186. The summed E-state index contributed by atoms with van der Waals surface area (Å²) in [6.45, 7) is 1.46. The Balaban J connectivity index is 1.63. The molecule has 0 aliphatic carbocycles. The second-order valence-corrected chi connectivity index (χ2v) is 6.49. The van der Waals surface area contributed by atoms with Crippen LogP contribution >= 0.6 is 23.5 Å². The summed E-state index contributed by atoms with van der Waals surface area (Å²) in [5.74, 6) is 4.96. The molecule has 0 radical (unpaired) electrons. The Morgan fingerprint density at radius 3 is 2.60 bits per heavy atom. The lowest BCUT2D eigenvalue weighted by Gasteiger charge is -2.18. The van der Waals surface area contributed by atoms with Crippen LogP contribution in [0.3, 0.4) is 0 Å². The zero-order chi connectivity index (χ0) is 10.5. The van der Waals surface area contributed by atoms with E-state index >= 15 is 0 Å². The SMILES string of the molecule is F[C@@H]1CN[C@H](CNC2CSCCSC2)C1. The van der Waals surface area contributed by atoms with Crippen LogP contribution in [0, 0.1) is 0 Å². The van der Waals surface area contributed by atoms with Crippen molar-refractivity contribution in [3.05, 3.63) is 0 Å². The lowest BCUT2D eigenvalue weighted by atomic mass is 10.2. The molecule has 0 unspecified atom stereocenters. The maximum absolute atomic E-state index is 12.9. The first-order valence-electron chi connectivity index (χ1n) is 5.61. The molecule has 2 nitrogen and oxygen atoms in total. The van der Waals surface area contributed by atoms with Crippen LogP contribution in [0.1, 0.15) is 6.42 Å². The summed E-state index contributed by atoms with van der Waals surface area (Å²) >= 11 is 4.06. The van der Waals surface area contributed by atoms with Gasteiger partial charge in [-0.1, -0.05) is 0 Å². The van der Waals surface area contributed by atoms with E-state index in [0.29, 0.717) is 25.0 Å². The van der Waals surface area contributed by atoms with Gasteiger partial charge in [-0.2, -0.15) is 23.5 Å². The topological polar surface area (TPSA) is 24.1 Å². The van der Waals surface area contributed by atoms with E-state index in [-0.39, 0.29) is 0 Å². The average Bonchev–Trinajstić information content (AvgIpc) is 2.52. The van der Waals surface area contributed by atoms with Crippen molar-refractivity contribution in [1.82, 2.24) is 10.6 Å². The highest BCUT2D eigenvalue weighted by molar-refractivity contribution is 8.03. The van der Waals surface area contributed by atoms with Gasteiger partial charge in [0.25, 0.3) is 0 Å². The molecular weight excluding hydrogens is 231 g/mol. The lowest BCUT2D eigenvalue weighted by Crippen LogP contribution is -2.41. The van der Waals surface area contributed by atoms with E-state index in [9.17, 15) is 4.39 Å². The van der Waals surface area contributed by atoms with Gasteiger partial charge in [0.1, 0.15) is 6.17 Å². The van der Waals surface area contributed by atoms with Crippen LogP contribution in [0.25, 0.3) is 0 Å². The molecule has 0 saturated carbocycles. The summed E-state index contributed by atoms with van der Waals surface area (Å²) < 4.78 is 12.9. The number of hydrogen-bond acceptors (Lipinski definition) is 4. The van der Waals surface area contributed by atoms with Crippen LogP contribution < -0.4 is 10.6 Å². The molecule has 0 amide bonds. The predicted molar refractivity (Wildman–Crippen MR) is 67.7 cm³/mol. The van der Waals surface area contributed by atoms with E-state index < -0.39 is 6.17 Å². The first kappa shape index (κ1) is 12.0. The minimum Gasteiger partial charge on any atom is -0.311 e. The fourth-order valence-corrected chi connectivity index (χ4v) is 4.44. The van der Waals surface area contributed by atoms with Gasteiger partial charge in [-0.25, -0.2) is 4.39 Å². The molecule has 0 aromatic heterocycles. The molecule has 88 valence electrons. The summed E-state index contributed by atoms with van der Waals surface area (Å²) in [5, 5.41) is 6.76. The molecule has 2 atom stereocenters. The van der Waals surface area contributed by atoms with Crippen molar-refractivity contribution in [1.29, 1.82) is 0 Å². The van der Waals surface area contributed by atoms with E-state index in [4.69, 9.17) is 0 Å². The Kier molecular flexibility index (Phi) is 5.07. The van der Waals surface area contributed by atoms with Crippen LogP contribution in [0.5, 0.6) is 0 Å². The van der Waals surface area contributed by atoms with Crippen molar-refractivity contribution in [2.45, 2.75) is 24.7 Å². The first-order chi connectivity index (χ1) is 7.34. The fourth-order valence-electron chi connectivity index (χ4n) is 1.97.